The second-order valence-electron chi connectivity index (χ2n) is 13.4. The van der Waals surface area contributed by atoms with Gasteiger partial charge in [0.05, 0.1) is 6.04 Å². The fourth-order valence-corrected chi connectivity index (χ4v) is 5.20. The summed E-state index contributed by atoms with van der Waals surface area (Å²) in [6.07, 6.45) is -2.76. The number of aliphatic carboxylic acids is 3. The number of primary amides is 1. The van der Waals surface area contributed by atoms with Crippen molar-refractivity contribution >= 4 is 59.3 Å². The number of hydrogen-bond acceptors (Lipinski definition) is 11. The molecule has 0 fully saturated rings. The smallest absolute Gasteiger partial charge is 0.326 e. The summed E-state index contributed by atoms with van der Waals surface area (Å²) in [7, 11) is 0. The summed E-state index contributed by atoms with van der Waals surface area (Å²) < 4.78 is 0. The Balaban J connectivity index is 3.42. The zero-order chi connectivity index (χ0) is 43.2. The zero-order valence-electron chi connectivity index (χ0n) is 31.8. The molecule has 16 N–H and O–H groups in total. The van der Waals surface area contributed by atoms with Crippen LogP contribution in [-0.2, 0) is 49.6 Å². The van der Waals surface area contributed by atoms with E-state index in [4.69, 9.17) is 22.9 Å². The van der Waals surface area contributed by atoms with Crippen molar-refractivity contribution in [3.05, 3.63) is 35.9 Å². The summed E-state index contributed by atoms with van der Waals surface area (Å²) in [6.45, 7) is 3.21. The number of nitrogens with zero attached hydrogens (tertiary/aromatic N) is 1. The predicted octanol–water partition coefficient (Wildman–Crippen LogP) is -3.23. The van der Waals surface area contributed by atoms with Crippen LogP contribution in [0.15, 0.2) is 35.3 Å². The Morgan fingerprint density at radius 3 is 1.49 bits per heavy atom. The number of carbonyl (C=O) groups is 9. The van der Waals surface area contributed by atoms with Gasteiger partial charge in [-0.1, -0.05) is 44.2 Å². The fraction of sp³-hybridized carbons (Fsp3) is 0.543. The van der Waals surface area contributed by atoms with Crippen LogP contribution < -0.4 is 49.5 Å². The maximum Gasteiger partial charge on any atom is 0.326 e. The van der Waals surface area contributed by atoms with Gasteiger partial charge in [-0.3, -0.25) is 43.3 Å². The largest absolute Gasteiger partial charge is 0.481 e. The summed E-state index contributed by atoms with van der Waals surface area (Å²) in [5.41, 5.74) is 22.3. The van der Waals surface area contributed by atoms with Crippen LogP contribution in [0, 0.1) is 5.92 Å². The molecule has 0 saturated carbocycles. The van der Waals surface area contributed by atoms with E-state index in [1.807, 2.05) is 0 Å². The summed E-state index contributed by atoms with van der Waals surface area (Å²) in [4.78, 5) is 117. The van der Waals surface area contributed by atoms with Crippen molar-refractivity contribution in [1.82, 2.24) is 26.6 Å². The lowest BCUT2D eigenvalue weighted by atomic mass is 10.0. The lowest BCUT2D eigenvalue weighted by molar-refractivity contribution is -0.144. The fourth-order valence-electron chi connectivity index (χ4n) is 5.20. The molecule has 1 aromatic rings. The van der Waals surface area contributed by atoms with E-state index in [2.05, 4.69) is 31.6 Å². The minimum Gasteiger partial charge on any atom is -0.481 e. The van der Waals surface area contributed by atoms with E-state index in [1.54, 1.807) is 30.3 Å². The van der Waals surface area contributed by atoms with Crippen molar-refractivity contribution in [2.24, 2.45) is 33.8 Å². The van der Waals surface area contributed by atoms with Crippen molar-refractivity contribution in [3.8, 4) is 0 Å². The molecule has 0 aromatic heterocycles. The predicted molar refractivity (Wildman–Crippen MR) is 202 cm³/mol. The molecule has 0 radical (unpaired) electrons. The first-order chi connectivity index (χ1) is 26.7. The molecule has 0 unspecified atom stereocenters. The van der Waals surface area contributed by atoms with Crippen molar-refractivity contribution < 1.29 is 58.5 Å². The molecule has 0 bridgehead atoms. The third-order valence-electron chi connectivity index (χ3n) is 8.32. The third-order valence-corrected chi connectivity index (χ3v) is 8.32. The van der Waals surface area contributed by atoms with Gasteiger partial charge in [-0.05, 0) is 43.6 Å². The Bertz CT molecular complexity index is 1600. The first kappa shape index (κ1) is 48.7. The minimum atomic E-state index is -1.64. The molecule has 0 aliphatic rings. The molecule has 0 heterocycles. The molecule has 0 saturated heterocycles. The molecule has 22 heteroatoms. The van der Waals surface area contributed by atoms with Crippen LogP contribution in [-0.4, -0.2) is 117 Å². The van der Waals surface area contributed by atoms with E-state index in [9.17, 15) is 58.5 Å². The topological polar surface area (TPSA) is 391 Å². The molecular weight excluding hydrogens is 752 g/mol. The van der Waals surface area contributed by atoms with Crippen molar-refractivity contribution in [3.63, 3.8) is 0 Å². The highest BCUT2D eigenvalue weighted by Crippen LogP contribution is 2.10. The van der Waals surface area contributed by atoms with E-state index in [0.29, 0.717) is 12.0 Å². The highest BCUT2D eigenvalue weighted by Gasteiger charge is 2.34. The molecule has 0 spiro atoms. The molecule has 6 amide bonds. The van der Waals surface area contributed by atoms with Gasteiger partial charge in [-0.25, -0.2) is 4.79 Å². The van der Waals surface area contributed by atoms with Gasteiger partial charge < -0.3 is 64.8 Å². The van der Waals surface area contributed by atoms with E-state index >= 15 is 0 Å². The SMILES string of the molecule is CC(C)[C@H](NC(=O)[C@H](CCC(=O)O)NC(=O)[C@H](Cc1ccccc1)NC(=O)[C@H](CCC(=O)O)NC(=O)[C@H](CCC(N)=O)NC(=O)[C@@H](N)CCCN=C(N)N)C(=O)O. The standard InChI is InChI=1S/C35H54N10O12/c1-18(2)28(34(56)57)45-32(54)23(12-15-27(49)50)43-33(55)24(17-19-7-4-3-5-8-19)44-31(53)22(11-14-26(47)48)42-30(52)21(10-13-25(37)46)41-29(51)20(36)9-6-16-40-35(38)39/h3-5,7-8,18,20-24,28H,6,9-17,36H2,1-2H3,(H2,37,46)(H,41,51)(H,42,52)(H,43,55)(H,44,53)(H,45,54)(H,47,48)(H,49,50)(H,56,57)(H4,38,39,40)/t20-,21-,22-,23-,24-,28-/m0/s1. The molecular formula is C35H54N10O12. The molecule has 0 aliphatic carbocycles. The lowest BCUT2D eigenvalue weighted by Crippen LogP contribution is -2.60. The first-order valence-electron chi connectivity index (χ1n) is 18.0. The van der Waals surface area contributed by atoms with Crippen molar-refractivity contribution in [2.75, 3.05) is 6.54 Å². The number of nitrogens with two attached hydrogens (primary N) is 4. The Hall–Kier alpha value is -6.32. The van der Waals surface area contributed by atoms with Crippen LogP contribution in [0.3, 0.4) is 0 Å². The molecule has 1 rings (SSSR count). The van der Waals surface area contributed by atoms with Crippen LogP contribution in [0.2, 0.25) is 0 Å². The molecule has 0 aliphatic heterocycles. The summed E-state index contributed by atoms with van der Waals surface area (Å²) >= 11 is 0. The van der Waals surface area contributed by atoms with Crippen LogP contribution in [0.25, 0.3) is 0 Å². The number of benzene rings is 1. The van der Waals surface area contributed by atoms with Crippen LogP contribution in [0.1, 0.15) is 70.8 Å². The van der Waals surface area contributed by atoms with Crippen molar-refractivity contribution in [2.45, 2.75) is 108 Å². The number of guanidine groups is 1. The summed E-state index contributed by atoms with van der Waals surface area (Å²) in [5.74, 6) is -10.5. The van der Waals surface area contributed by atoms with Gasteiger partial charge in [0, 0.05) is 32.2 Å². The molecule has 22 nitrogen and oxygen atoms in total. The van der Waals surface area contributed by atoms with Gasteiger partial charge in [0.15, 0.2) is 5.96 Å². The first-order valence-corrected chi connectivity index (χ1v) is 18.0. The maximum absolute atomic E-state index is 13.8. The van der Waals surface area contributed by atoms with E-state index in [-0.39, 0.29) is 38.2 Å². The highest BCUT2D eigenvalue weighted by atomic mass is 16.4. The van der Waals surface area contributed by atoms with Gasteiger partial charge in [0.25, 0.3) is 0 Å². The zero-order valence-corrected chi connectivity index (χ0v) is 31.8. The van der Waals surface area contributed by atoms with Gasteiger partial charge in [-0.15, -0.1) is 0 Å². The number of hydrogen-bond donors (Lipinski definition) is 12. The number of carboxylic acid groups (broad SMARTS) is 3. The number of rotatable bonds is 27. The average molecular weight is 807 g/mol. The minimum absolute atomic E-state index is 0.0952. The summed E-state index contributed by atoms with van der Waals surface area (Å²) in [5, 5.41) is 40.1. The Labute approximate surface area is 328 Å². The molecule has 316 valence electrons. The van der Waals surface area contributed by atoms with Crippen LogP contribution >= 0.6 is 0 Å². The van der Waals surface area contributed by atoms with E-state index in [0.717, 1.165) is 0 Å². The second kappa shape index (κ2) is 25.0. The number of aliphatic imine (C=N–C) groups is 1. The lowest BCUT2D eigenvalue weighted by Gasteiger charge is -2.27. The number of carbonyl (C=O) groups excluding carboxylic acids is 6. The maximum atomic E-state index is 13.8. The number of carboxylic acids is 3. The van der Waals surface area contributed by atoms with Crippen LogP contribution in [0.4, 0.5) is 0 Å². The van der Waals surface area contributed by atoms with Gasteiger partial charge in [0.2, 0.25) is 35.4 Å². The summed E-state index contributed by atoms with van der Waals surface area (Å²) in [6, 6.07) is -0.561. The van der Waals surface area contributed by atoms with Crippen molar-refractivity contribution in [1.29, 1.82) is 0 Å². The Kier molecular flexibility index (Phi) is 21.3. The monoisotopic (exact) mass is 806 g/mol. The van der Waals surface area contributed by atoms with Gasteiger partial charge in [-0.2, -0.15) is 0 Å². The van der Waals surface area contributed by atoms with Gasteiger partial charge >= 0.3 is 17.9 Å². The quantitative estimate of drug-likeness (QED) is 0.0236. The molecule has 57 heavy (non-hydrogen) atoms. The number of amides is 6. The number of nitrogens with one attached hydrogen (secondary N) is 5. The third kappa shape index (κ3) is 19.7. The Morgan fingerprint density at radius 2 is 1.05 bits per heavy atom. The molecule has 1 aromatic carbocycles. The van der Waals surface area contributed by atoms with Crippen LogP contribution in [0.5, 0.6) is 0 Å². The van der Waals surface area contributed by atoms with E-state index < -0.39 is 121 Å². The van der Waals surface area contributed by atoms with Gasteiger partial charge in [0.1, 0.15) is 30.2 Å². The normalized spacial score (nSPS) is 14.0. The van der Waals surface area contributed by atoms with E-state index in [1.165, 1.54) is 13.8 Å². The Morgan fingerprint density at radius 1 is 0.614 bits per heavy atom. The average Bonchev–Trinajstić information content (AvgIpc) is 3.13. The second-order valence-corrected chi connectivity index (χ2v) is 13.4. The highest BCUT2D eigenvalue weighted by molar-refractivity contribution is 5.97. The molecule has 6 atom stereocenters.